The molecular weight excluding hydrogens is 675 g/mol. The first-order chi connectivity index (χ1) is 27.0. The monoisotopic (exact) mass is 719 g/mol. The van der Waals surface area contributed by atoms with E-state index in [-0.39, 0.29) is 16.2 Å². The van der Waals surface area contributed by atoms with Crippen molar-refractivity contribution in [2.24, 2.45) is 0 Å². The van der Waals surface area contributed by atoms with E-state index in [4.69, 9.17) is 0 Å². The molecule has 11 rings (SSSR count). The summed E-state index contributed by atoms with van der Waals surface area (Å²) in [5.74, 6) is 0. The molecule has 0 saturated heterocycles. The van der Waals surface area contributed by atoms with Gasteiger partial charge in [-0.25, -0.2) is 0 Å². The van der Waals surface area contributed by atoms with Crippen molar-refractivity contribution in [2.45, 2.75) is 57.8 Å². The van der Waals surface area contributed by atoms with Crippen LogP contribution in [0.4, 0.5) is 17.1 Å². The fraction of sp³-hybridized carbons (Fsp3) is 0.164. The van der Waals surface area contributed by atoms with E-state index in [1.165, 1.54) is 106 Å². The molecule has 0 saturated carbocycles. The van der Waals surface area contributed by atoms with E-state index < -0.39 is 0 Å². The molecule has 0 amide bonds. The lowest BCUT2D eigenvalue weighted by Gasteiger charge is -2.31. The highest BCUT2D eigenvalue weighted by Gasteiger charge is 2.39. The van der Waals surface area contributed by atoms with E-state index in [0.717, 1.165) is 0 Å². The lowest BCUT2D eigenvalue weighted by atomic mass is 9.81. The van der Waals surface area contributed by atoms with Gasteiger partial charge in [0.15, 0.2) is 0 Å². The molecule has 0 bridgehead atoms. The van der Waals surface area contributed by atoms with Crippen molar-refractivity contribution in [1.29, 1.82) is 0 Å². The van der Waals surface area contributed by atoms with Crippen LogP contribution in [0.3, 0.4) is 0 Å². The van der Waals surface area contributed by atoms with E-state index in [9.17, 15) is 0 Å². The molecule has 8 aromatic carbocycles. The summed E-state index contributed by atoms with van der Waals surface area (Å²) < 4.78 is 0. The third kappa shape index (κ3) is 4.49. The Hall–Kier alpha value is -6.18. The van der Waals surface area contributed by atoms with Crippen LogP contribution in [0.1, 0.15) is 74.9 Å². The summed E-state index contributed by atoms with van der Waals surface area (Å²) in [6.45, 7) is 14.3. The van der Waals surface area contributed by atoms with Crippen molar-refractivity contribution < 1.29 is 0 Å². The molecule has 1 heteroatoms. The van der Waals surface area contributed by atoms with Gasteiger partial charge in [-0.2, -0.15) is 0 Å². The molecular formula is C55H45N. The summed E-state index contributed by atoms with van der Waals surface area (Å²) in [5, 5.41) is 2.57. The van der Waals surface area contributed by atoms with Crippen LogP contribution in [0.25, 0.3) is 55.3 Å². The van der Waals surface area contributed by atoms with E-state index >= 15 is 0 Å². The van der Waals surface area contributed by atoms with Crippen molar-refractivity contribution in [3.8, 4) is 44.5 Å². The molecule has 1 nitrogen and oxygen atoms in total. The molecule has 8 aromatic rings. The number of benzene rings is 8. The number of nitrogens with zero attached hydrogens (tertiary/aromatic N) is 1. The maximum Gasteiger partial charge on any atom is 0.0465 e. The Bertz CT molecular complexity index is 2840. The van der Waals surface area contributed by atoms with Gasteiger partial charge >= 0.3 is 0 Å². The molecule has 0 fully saturated rings. The van der Waals surface area contributed by atoms with Gasteiger partial charge in [0.05, 0.1) is 0 Å². The predicted molar refractivity (Wildman–Crippen MR) is 237 cm³/mol. The Kier molecular flexibility index (Phi) is 6.77. The van der Waals surface area contributed by atoms with Crippen LogP contribution < -0.4 is 4.90 Å². The average Bonchev–Trinajstić information content (AvgIpc) is 3.70. The van der Waals surface area contributed by atoms with Crippen molar-refractivity contribution in [3.05, 3.63) is 197 Å². The zero-order valence-electron chi connectivity index (χ0n) is 33.0. The van der Waals surface area contributed by atoms with Gasteiger partial charge in [0.2, 0.25) is 0 Å². The van der Waals surface area contributed by atoms with Crippen LogP contribution in [0.15, 0.2) is 164 Å². The standard InChI is InChI=1S/C55H45N/c1-53(2)47-20-11-9-17-41(47)44-27-23-36(31-50(44)53)56(37-24-28-45-42-18-10-12-21-48(42)54(3,4)51(45)32-37)38-25-29-46-43-26-22-35(30-49(43)55(5,6)52(46)33-38)40-19-13-15-34-14-7-8-16-39(34)40/h7-33H,1-6H3. The number of fused-ring (bicyclic) bond motifs is 10. The lowest BCUT2D eigenvalue weighted by Crippen LogP contribution is -2.19. The summed E-state index contributed by atoms with van der Waals surface area (Å²) in [6, 6.07) is 61.9. The van der Waals surface area contributed by atoms with Gasteiger partial charge in [0, 0.05) is 33.3 Å². The minimum Gasteiger partial charge on any atom is -0.310 e. The zero-order valence-corrected chi connectivity index (χ0v) is 33.0. The van der Waals surface area contributed by atoms with Crippen LogP contribution in [0.2, 0.25) is 0 Å². The van der Waals surface area contributed by atoms with Crippen LogP contribution in [-0.2, 0) is 16.2 Å². The molecule has 0 radical (unpaired) electrons. The summed E-state index contributed by atoms with van der Waals surface area (Å²) in [6.07, 6.45) is 0. The van der Waals surface area contributed by atoms with Gasteiger partial charge < -0.3 is 4.90 Å². The minimum absolute atomic E-state index is 0.0987. The summed E-state index contributed by atoms with van der Waals surface area (Å²) >= 11 is 0. The SMILES string of the molecule is CC1(C)c2ccccc2-c2ccc(N(c3ccc4c(c3)C(C)(C)c3ccccc3-4)c3ccc4c(c3)C(C)(C)c3cc(-c5cccc6ccccc56)ccc3-4)cc21. The third-order valence-electron chi connectivity index (χ3n) is 13.7. The normalized spacial score (nSPS) is 15.8. The molecule has 0 unspecified atom stereocenters. The molecule has 56 heavy (non-hydrogen) atoms. The number of rotatable bonds is 4. The van der Waals surface area contributed by atoms with Crippen molar-refractivity contribution in [1.82, 2.24) is 0 Å². The molecule has 3 aliphatic carbocycles. The zero-order chi connectivity index (χ0) is 38.1. The van der Waals surface area contributed by atoms with E-state index in [2.05, 4.69) is 210 Å². The fourth-order valence-electron chi connectivity index (χ4n) is 10.6. The highest BCUT2D eigenvalue weighted by Crippen LogP contribution is 2.55. The maximum absolute atomic E-state index is 2.51. The predicted octanol–water partition coefficient (Wildman–Crippen LogP) is 14.9. The second-order valence-corrected chi connectivity index (χ2v) is 17.8. The van der Waals surface area contributed by atoms with E-state index in [1.54, 1.807) is 0 Å². The minimum atomic E-state index is -0.184. The summed E-state index contributed by atoms with van der Waals surface area (Å²) in [5.41, 5.74) is 22.1. The Morgan fingerprint density at radius 1 is 0.304 bits per heavy atom. The van der Waals surface area contributed by atoms with Gasteiger partial charge in [0.1, 0.15) is 0 Å². The Balaban J connectivity index is 1.07. The first-order valence-electron chi connectivity index (χ1n) is 20.1. The maximum atomic E-state index is 2.51. The van der Waals surface area contributed by atoms with Crippen LogP contribution >= 0.6 is 0 Å². The van der Waals surface area contributed by atoms with E-state index in [0.29, 0.717) is 0 Å². The number of hydrogen-bond donors (Lipinski definition) is 0. The quantitative estimate of drug-likeness (QED) is 0.175. The summed E-state index contributed by atoms with van der Waals surface area (Å²) in [4.78, 5) is 2.51. The molecule has 0 aliphatic heterocycles. The smallest absolute Gasteiger partial charge is 0.0465 e. The van der Waals surface area contributed by atoms with E-state index in [1.807, 2.05) is 0 Å². The van der Waals surface area contributed by atoms with Crippen molar-refractivity contribution in [3.63, 3.8) is 0 Å². The van der Waals surface area contributed by atoms with Gasteiger partial charge in [0.25, 0.3) is 0 Å². The Morgan fingerprint density at radius 3 is 1.21 bits per heavy atom. The third-order valence-corrected chi connectivity index (χ3v) is 13.7. The van der Waals surface area contributed by atoms with Crippen LogP contribution in [0.5, 0.6) is 0 Å². The second kappa shape index (κ2) is 11.4. The number of hydrogen-bond acceptors (Lipinski definition) is 1. The molecule has 0 spiro atoms. The Labute approximate surface area is 330 Å². The second-order valence-electron chi connectivity index (χ2n) is 17.8. The van der Waals surface area contributed by atoms with Crippen molar-refractivity contribution >= 4 is 27.8 Å². The van der Waals surface area contributed by atoms with Gasteiger partial charge in [-0.1, -0.05) is 163 Å². The molecule has 0 atom stereocenters. The Morgan fingerprint density at radius 2 is 0.679 bits per heavy atom. The molecule has 0 N–H and O–H groups in total. The largest absolute Gasteiger partial charge is 0.310 e. The molecule has 270 valence electrons. The van der Waals surface area contributed by atoms with Gasteiger partial charge in [-0.05, 0) is 131 Å². The van der Waals surface area contributed by atoms with Gasteiger partial charge in [-0.3, -0.25) is 0 Å². The summed E-state index contributed by atoms with van der Waals surface area (Å²) in [7, 11) is 0. The molecule has 0 heterocycles. The van der Waals surface area contributed by atoms with Crippen molar-refractivity contribution in [2.75, 3.05) is 4.90 Å². The highest BCUT2D eigenvalue weighted by molar-refractivity contribution is 5.98. The fourth-order valence-corrected chi connectivity index (χ4v) is 10.6. The lowest BCUT2D eigenvalue weighted by molar-refractivity contribution is 0.659. The molecule has 0 aromatic heterocycles. The topological polar surface area (TPSA) is 3.24 Å². The van der Waals surface area contributed by atoms with Crippen LogP contribution in [-0.4, -0.2) is 0 Å². The highest BCUT2D eigenvalue weighted by atomic mass is 15.1. The first-order valence-corrected chi connectivity index (χ1v) is 20.1. The molecule has 3 aliphatic rings. The average molecular weight is 720 g/mol. The first kappa shape index (κ1) is 33.2. The van der Waals surface area contributed by atoms with Gasteiger partial charge in [-0.15, -0.1) is 0 Å². The van der Waals surface area contributed by atoms with Crippen LogP contribution in [0, 0.1) is 0 Å². The number of anilines is 3.